The van der Waals surface area contributed by atoms with Gasteiger partial charge in [-0.1, -0.05) is 0 Å². The van der Waals surface area contributed by atoms with Crippen molar-refractivity contribution in [2.75, 3.05) is 13.1 Å². The molecule has 15 heavy (non-hydrogen) atoms. The molecule has 1 aliphatic heterocycles. The number of rotatable bonds is 4. The molecular weight excluding hydrogens is 190 g/mol. The Labute approximate surface area is 91.6 Å². The first-order valence-corrected chi connectivity index (χ1v) is 6.25. The molecule has 0 aromatic heterocycles. The molecule has 3 nitrogen and oxygen atoms in total. The molecule has 1 unspecified atom stereocenters. The molecule has 0 aromatic rings. The van der Waals surface area contributed by atoms with Crippen molar-refractivity contribution in [3.05, 3.63) is 0 Å². The Morgan fingerprint density at radius 1 is 1.27 bits per heavy atom. The summed E-state index contributed by atoms with van der Waals surface area (Å²) in [6.45, 7) is 2.19. The normalized spacial score (nSPS) is 27.1. The summed E-state index contributed by atoms with van der Waals surface area (Å²) in [6, 6.07) is 0. The van der Waals surface area contributed by atoms with Crippen LogP contribution in [0.5, 0.6) is 0 Å². The van der Waals surface area contributed by atoms with Crippen molar-refractivity contribution in [1.82, 2.24) is 5.32 Å². The highest BCUT2D eigenvalue weighted by Gasteiger charge is 2.20. The standard InChI is InChI=1S/C12H21NO2/c14-12(15-11-3-1-2-4-11)6-5-10-7-8-13-9-10/h10-11,13H,1-9H2. The van der Waals surface area contributed by atoms with Gasteiger partial charge in [0, 0.05) is 6.42 Å². The van der Waals surface area contributed by atoms with Crippen molar-refractivity contribution >= 4 is 5.97 Å². The van der Waals surface area contributed by atoms with E-state index >= 15 is 0 Å². The molecule has 1 N–H and O–H groups in total. The summed E-state index contributed by atoms with van der Waals surface area (Å²) in [5, 5.41) is 3.32. The van der Waals surface area contributed by atoms with E-state index < -0.39 is 0 Å². The van der Waals surface area contributed by atoms with Gasteiger partial charge in [0.05, 0.1) is 0 Å². The molecule has 0 spiro atoms. The van der Waals surface area contributed by atoms with E-state index in [1.54, 1.807) is 0 Å². The van der Waals surface area contributed by atoms with E-state index in [1.807, 2.05) is 0 Å². The molecule has 0 amide bonds. The highest BCUT2D eigenvalue weighted by Crippen LogP contribution is 2.22. The molecule has 3 heteroatoms. The minimum absolute atomic E-state index is 0.0220. The number of nitrogens with one attached hydrogen (secondary N) is 1. The average Bonchev–Trinajstić information content (AvgIpc) is 2.86. The molecule has 1 aliphatic carbocycles. The number of hydrogen-bond donors (Lipinski definition) is 1. The first-order valence-electron chi connectivity index (χ1n) is 6.25. The summed E-state index contributed by atoms with van der Waals surface area (Å²) >= 11 is 0. The zero-order valence-corrected chi connectivity index (χ0v) is 9.34. The quantitative estimate of drug-likeness (QED) is 0.721. The van der Waals surface area contributed by atoms with Gasteiger partial charge in [0.1, 0.15) is 6.10 Å². The van der Waals surface area contributed by atoms with Gasteiger partial charge in [0.15, 0.2) is 0 Å². The third kappa shape index (κ3) is 3.49. The molecule has 0 aromatic carbocycles. The van der Waals surface area contributed by atoms with Gasteiger partial charge in [0.25, 0.3) is 0 Å². The van der Waals surface area contributed by atoms with Crippen LogP contribution in [0.25, 0.3) is 0 Å². The first kappa shape index (κ1) is 10.9. The van der Waals surface area contributed by atoms with E-state index in [0.717, 1.165) is 32.4 Å². The minimum Gasteiger partial charge on any atom is -0.462 e. The van der Waals surface area contributed by atoms with Crippen LogP contribution in [0.3, 0.4) is 0 Å². The Hall–Kier alpha value is -0.570. The molecule has 0 bridgehead atoms. The fraction of sp³-hybridized carbons (Fsp3) is 0.917. The Bertz CT molecular complexity index is 206. The molecule has 86 valence electrons. The van der Waals surface area contributed by atoms with Crippen molar-refractivity contribution in [3.8, 4) is 0 Å². The molecule has 1 atom stereocenters. The SMILES string of the molecule is O=C(CCC1CCNC1)OC1CCCC1. The van der Waals surface area contributed by atoms with Crippen LogP contribution in [0.1, 0.15) is 44.9 Å². The molecular formula is C12H21NO2. The maximum absolute atomic E-state index is 11.5. The summed E-state index contributed by atoms with van der Waals surface area (Å²) in [7, 11) is 0. The Kier molecular flexibility index (Phi) is 4.01. The predicted molar refractivity (Wildman–Crippen MR) is 58.6 cm³/mol. The number of hydrogen-bond acceptors (Lipinski definition) is 3. The van der Waals surface area contributed by atoms with Crippen LogP contribution in [0, 0.1) is 5.92 Å². The van der Waals surface area contributed by atoms with Gasteiger partial charge in [-0.25, -0.2) is 0 Å². The average molecular weight is 211 g/mol. The van der Waals surface area contributed by atoms with E-state index in [9.17, 15) is 4.79 Å². The topological polar surface area (TPSA) is 38.3 Å². The lowest BCUT2D eigenvalue weighted by molar-refractivity contribution is -0.149. The largest absolute Gasteiger partial charge is 0.462 e. The highest BCUT2D eigenvalue weighted by atomic mass is 16.5. The summed E-state index contributed by atoms with van der Waals surface area (Å²) in [6.07, 6.45) is 7.68. The Balaban J connectivity index is 1.59. The fourth-order valence-electron chi connectivity index (χ4n) is 2.53. The summed E-state index contributed by atoms with van der Waals surface area (Å²) in [4.78, 5) is 11.5. The van der Waals surface area contributed by atoms with Crippen LogP contribution < -0.4 is 5.32 Å². The maximum Gasteiger partial charge on any atom is 0.306 e. The van der Waals surface area contributed by atoms with Crippen molar-refractivity contribution in [2.45, 2.75) is 51.0 Å². The highest BCUT2D eigenvalue weighted by molar-refractivity contribution is 5.69. The zero-order valence-electron chi connectivity index (χ0n) is 9.34. The smallest absolute Gasteiger partial charge is 0.306 e. The number of ether oxygens (including phenoxy) is 1. The van der Waals surface area contributed by atoms with E-state index in [-0.39, 0.29) is 12.1 Å². The Morgan fingerprint density at radius 3 is 2.73 bits per heavy atom. The minimum atomic E-state index is 0.0220. The van der Waals surface area contributed by atoms with Crippen LogP contribution in [-0.4, -0.2) is 25.2 Å². The molecule has 2 aliphatic rings. The van der Waals surface area contributed by atoms with Crippen molar-refractivity contribution < 1.29 is 9.53 Å². The molecule has 2 fully saturated rings. The van der Waals surface area contributed by atoms with Crippen LogP contribution >= 0.6 is 0 Å². The van der Waals surface area contributed by atoms with Crippen molar-refractivity contribution in [1.29, 1.82) is 0 Å². The molecule has 1 heterocycles. The number of esters is 1. The summed E-state index contributed by atoms with van der Waals surface area (Å²) in [5.74, 6) is 0.718. The van der Waals surface area contributed by atoms with E-state index in [2.05, 4.69) is 5.32 Å². The molecule has 1 saturated carbocycles. The maximum atomic E-state index is 11.5. The van der Waals surface area contributed by atoms with Gasteiger partial charge in [-0.3, -0.25) is 4.79 Å². The van der Waals surface area contributed by atoms with Crippen LogP contribution in [0.2, 0.25) is 0 Å². The van der Waals surface area contributed by atoms with Crippen molar-refractivity contribution in [2.24, 2.45) is 5.92 Å². The van der Waals surface area contributed by atoms with Gasteiger partial charge in [-0.2, -0.15) is 0 Å². The third-order valence-electron chi connectivity index (χ3n) is 3.52. The lowest BCUT2D eigenvalue weighted by Crippen LogP contribution is -2.16. The van der Waals surface area contributed by atoms with Gasteiger partial charge in [-0.15, -0.1) is 0 Å². The second-order valence-corrected chi connectivity index (χ2v) is 4.79. The third-order valence-corrected chi connectivity index (χ3v) is 3.52. The predicted octanol–water partition coefficient (Wildman–Crippen LogP) is 1.86. The number of carbonyl (C=O) groups excluding carboxylic acids is 1. The van der Waals surface area contributed by atoms with Gasteiger partial charge in [-0.05, 0) is 57.5 Å². The summed E-state index contributed by atoms with van der Waals surface area (Å²) < 4.78 is 5.41. The van der Waals surface area contributed by atoms with Crippen LogP contribution in [0.15, 0.2) is 0 Å². The fourth-order valence-corrected chi connectivity index (χ4v) is 2.53. The van der Waals surface area contributed by atoms with Gasteiger partial charge in [0.2, 0.25) is 0 Å². The van der Waals surface area contributed by atoms with Crippen LogP contribution in [-0.2, 0) is 9.53 Å². The molecule has 1 saturated heterocycles. The van der Waals surface area contributed by atoms with E-state index in [1.165, 1.54) is 19.3 Å². The Morgan fingerprint density at radius 2 is 2.07 bits per heavy atom. The van der Waals surface area contributed by atoms with Crippen molar-refractivity contribution in [3.63, 3.8) is 0 Å². The monoisotopic (exact) mass is 211 g/mol. The second kappa shape index (κ2) is 5.50. The molecule has 2 rings (SSSR count). The zero-order chi connectivity index (χ0) is 10.5. The first-order chi connectivity index (χ1) is 7.34. The van der Waals surface area contributed by atoms with Crippen LogP contribution in [0.4, 0.5) is 0 Å². The second-order valence-electron chi connectivity index (χ2n) is 4.79. The van der Waals surface area contributed by atoms with Gasteiger partial charge >= 0.3 is 5.97 Å². The summed E-state index contributed by atoms with van der Waals surface area (Å²) in [5.41, 5.74) is 0. The number of carbonyl (C=O) groups is 1. The van der Waals surface area contributed by atoms with Gasteiger partial charge < -0.3 is 10.1 Å². The lowest BCUT2D eigenvalue weighted by Gasteiger charge is -2.12. The van der Waals surface area contributed by atoms with E-state index in [4.69, 9.17) is 4.74 Å². The van der Waals surface area contributed by atoms with E-state index in [0.29, 0.717) is 12.3 Å². The molecule has 0 radical (unpaired) electrons. The lowest BCUT2D eigenvalue weighted by atomic mass is 10.0.